The van der Waals surface area contributed by atoms with Gasteiger partial charge in [-0.1, -0.05) is 6.07 Å². The van der Waals surface area contributed by atoms with Gasteiger partial charge >= 0.3 is 0 Å². The molecule has 152 valence electrons. The maximum Gasteiger partial charge on any atom is 0.252 e. The number of nitrogens with one attached hydrogen (secondary N) is 1. The summed E-state index contributed by atoms with van der Waals surface area (Å²) < 4.78 is 12.9. The van der Waals surface area contributed by atoms with Gasteiger partial charge in [0, 0.05) is 12.7 Å². The molecular formula is C21H25N5O3. The third-order valence-corrected chi connectivity index (χ3v) is 4.23. The van der Waals surface area contributed by atoms with Crippen LogP contribution in [0.2, 0.25) is 0 Å². The van der Waals surface area contributed by atoms with Gasteiger partial charge in [0.25, 0.3) is 5.91 Å². The van der Waals surface area contributed by atoms with Gasteiger partial charge in [-0.15, -0.1) is 10.2 Å². The van der Waals surface area contributed by atoms with Crippen molar-refractivity contribution in [1.29, 1.82) is 0 Å². The highest BCUT2D eigenvalue weighted by atomic mass is 16.5. The molecule has 2 heterocycles. The Bertz CT molecular complexity index is 911. The zero-order valence-corrected chi connectivity index (χ0v) is 16.7. The lowest BCUT2D eigenvalue weighted by Gasteiger charge is -2.12. The Morgan fingerprint density at radius 2 is 1.79 bits per heavy atom. The van der Waals surface area contributed by atoms with Crippen molar-refractivity contribution in [3.63, 3.8) is 0 Å². The van der Waals surface area contributed by atoms with Crippen molar-refractivity contribution < 1.29 is 14.3 Å². The van der Waals surface area contributed by atoms with E-state index in [1.807, 2.05) is 32.0 Å². The molecule has 0 saturated carbocycles. The second kappa shape index (κ2) is 10.2. The second-order valence-corrected chi connectivity index (χ2v) is 6.28. The zero-order chi connectivity index (χ0) is 20.5. The molecule has 0 radical (unpaired) electrons. The van der Waals surface area contributed by atoms with E-state index in [1.54, 1.807) is 35.6 Å². The highest BCUT2D eigenvalue weighted by Gasteiger charge is 2.08. The van der Waals surface area contributed by atoms with Gasteiger partial charge in [0.1, 0.15) is 18.5 Å². The van der Waals surface area contributed by atoms with Crippen LogP contribution in [0.25, 0.3) is 5.82 Å². The number of nitrogens with zero attached hydrogens (tertiary/aromatic N) is 4. The Balaban J connectivity index is 1.48. The lowest BCUT2D eigenvalue weighted by Crippen LogP contribution is -2.25. The van der Waals surface area contributed by atoms with Crippen molar-refractivity contribution in [2.75, 3.05) is 19.8 Å². The number of rotatable bonds is 10. The summed E-state index contributed by atoms with van der Waals surface area (Å²) in [5.41, 5.74) is 1.66. The van der Waals surface area contributed by atoms with E-state index >= 15 is 0 Å². The molecular weight excluding hydrogens is 370 g/mol. The molecule has 0 aliphatic rings. The summed E-state index contributed by atoms with van der Waals surface area (Å²) in [5.74, 6) is 2.03. The summed E-state index contributed by atoms with van der Waals surface area (Å²) in [7, 11) is 0. The number of carbonyl (C=O) groups is 1. The van der Waals surface area contributed by atoms with Gasteiger partial charge in [0.15, 0.2) is 11.5 Å². The zero-order valence-electron chi connectivity index (χ0n) is 16.7. The first kappa shape index (κ1) is 20.3. The number of carbonyl (C=O) groups excluding carboxylic acids is 1. The van der Waals surface area contributed by atoms with Gasteiger partial charge in [0.2, 0.25) is 0 Å². The molecule has 8 nitrogen and oxygen atoms in total. The topological polar surface area (TPSA) is 91.2 Å². The predicted molar refractivity (Wildman–Crippen MR) is 109 cm³/mol. The van der Waals surface area contributed by atoms with Gasteiger partial charge in [-0.05, 0) is 56.5 Å². The van der Waals surface area contributed by atoms with Crippen molar-refractivity contribution in [3.8, 4) is 17.3 Å². The van der Waals surface area contributed by atoms with E-state index in [9.17, 15) is 4.79 Å². The monoisotopic (exact) mass is 395 g/mol. The first-order valence-electron chi connectivity index (χ1n) is 9.69. The van der Waals surface area contributed by atoms with Gasteiger partial charge < -0.3 is 14.8 Å². The SMILES string of the molecule is CCOc1ccc(CCCNC(=O)c2ccc(-n3cnnc3)nc2)cc1OCC. The van der Waals surface area contributed by atoms with Gasteiger partial charge in [-0.2, -0.15) is 0 Å². The van der Waals surface area contributed by atoms with Crippen LogP contribution in [0.3, 0.4) is 0 Å². The Hall–Kier alpha value is -3.42. The van der Waals surface area contributed by atoms with Crippen LogP contribution in [0, 0.1) is 0 Å². The number of hydrogen-bond acceptors (Lipinski definition) is 6. The molecule has 29 heavy (non-hydrogen) atoms. The fraction of sp³-hybridized carbons (Fsp3) is 0.333. The number of hydrogen-bond donors (Lipinski definition) is 1. The number of amides is 1. The highest BCUT2D eigenvalue weighted by Crippen LogP contribution is 2.28. The van der Waals surface area contributed by atoms with Crippen LogP contribution in [0.4, 0.5) is 0 Å². The van der Waals surface area contributed by atoms with Gasteiger partial charge in [-0.3, -0.25) is 9.36 Å². The highest BCUT2D eigenvalue weighted by molar-refractivity contribution is 5.93. The maximum absolute atomic E-state index is 12.3. The number of benzene rings is 1. The minimum absolute atomic E-state index is 0.144. The van der Waals surface area contributed by atoms with Crippen molar-refractivity contribution >= 4 is 5.91 Å². The molecule has 0 fully saturated rings. The quantitative estimate of drug-likeness (QED) is 0.531. The first-order valence-corrected chi connectivity index (χ1v) is 9.69. The third kappa shape index (κ3) is 5.54. The molecule has 2 aromatic heterocycles. The van der Waals surface area contributed by atoms with Crippen molar-refractivity contribution in [2.45, 2.75) is 26.7 Å². The molecule has 3 rings (SSSR count). The molecule has 0 unspecified atom stereocenters. The molecule has 0 atom stereocenters. The fourth-order valence-electron chi connectivity index (χ4n) is 2.84. The predicted octanol–water partition coefficient (Wildman–Crippen LogP) is 2.82. The molecule has 0 bridgehead atoms. The first-order chi connectivity index (χ1) is 14.2. The number of pyridine rings is 1. The van der Waals surface area contributed by atoms with Crippen LogP contribution in [0.15, 0.2) is 49.2 Å². The Kier molecular flexibility index (Phi) is 7.16. The minimum atomic E-state index is -0.144. The number of aromatic nitrogens is 4. The van der Waals surface area contributed by atoms with E-state index in [2.05, 4.69) is 20.5 Å². The van der Waals surface area contributed by atoms with E-state index in [0.717, 1.165) is 29.9 Å². The van der Waals surface area contributed by atoms with Crippen molar-refractivity contribution in [3.05, 3.63) is 60.3 Å². The lowest BCUT2D eigenvalue weighted by molar-refractivity contribution is 0.0953. The summed E-state index contributed by atoms with van der Waals surface area (Å²) >= 11 is 0. The number of aryl methyl sites for hydroxylation is 1. The fourth-order valence-corrected chi connectivity index (χ4v) is 2.84. The van der Waals surface area contributed by atoms with E-state index in [-0.39, 0.29) is 5.91 Å². The standard InChI is InChI=1S/C21H25N5O3/c1-3-28-18-9-7-16(12-19(18)29-4-2)6-5-11-22-21(27)17-8-10-20(23-13-17)26-14-24-25-15-26/h7-10,12-15H,3-6,11H2,1-2H3,(H,22,27). The molecule has 0 saturated heterocycles. The lowest BCUT2D eigenvalue weighted by atomic mass is 10.1. The van der Waals surface area contributed by atoms with Crippen LogP contribution in [0.1, 0.15) is 36.2 Å². The molecule has 8 heteroatoms. The summed E-state index contributed by atoms with van der Waals surface area (Å²) in [6.07, 6.45) is 6.31. The van der Waals surface area contributed by atoms with Crippen LogP contribution in [0.5, 0.6) is 11.5 Å². The largest absolute Gasteiger partial charge is 0.490 e. The molecule has 0 aliphatic carbocycles. The van der Waals surface area contributed by atoms with E-state index in [0.29, 0.717) is 31.1 Å². The Morgan fingerprint density at radius 3 is 2.48 bits per heavy atom. The molecule has 1 N–H and O–H groups in total. The van der Waals surface area contributed by atoms with Gasteiger partial charge in [-0.25, -0.2) is 4.98 Å². The number of ether oxygens (including phenoxy) is 2. The smallest absolute Gasteiger partial charge is 0.252 e. The van der Waals surface area contributed by atoms with E-state index in [4.69, 9.17) is 9.47 Å². The third-order valence-electron chi connectivity index (χ3n) is 4.23. The van der Waals surface area contributed by atoms with Crippen molar-refractivity contribution in [1.82, 2.24) is 25.1 Å². The van der Waals surface area contributed by atoms with Crippen LogP contribution in [-0.4, -0.2) is 45.4 Å². The normalized spacial score (nSPS) is 10.6. The van der Waals surface area contributed by atoms with E-state index in [1.165, 1.54) is 0 Å². The summed E-state index contributed by atoms with van der Waals surface area (Å²) in [6.45, 7) is 5.66. The average Bonchev–Trinajstić information content (AvgIpc) is 3.28. The van der Waals surface area contributed by atoms with Crippen LogP contribution < -0.4 is 14.8 Å². The van der Waals surface area contributed by atoms with Gasteiger partial charge in [0.05, 0.1) is 18.8 Å². The summed E-state index contributed by atoms with van der Waals surface area (Å²) in [4.78, 5) is 16.6. The minimum Gasteiger partial charge on any atom is -0.490 e. The molecule has 1 amide bonds. The Labute approximate surface area is 169 Å². The van der Waals surface area contributed by atoms with Crippen molar-refractivity contribution in [2.24, 2.45) is 0 Å². The second-order valence-electron chi connectivity index (χ2n) is 6.28. The average molecular weight is 395 g/mol. The molecule has 3 aromatic rings. The summed E-state index contributed by atoms with van der Waals surface area (Å²) in [5, 5.41) is 10.4. The molecule has 0 spiro atoms. The maximum atomic E-state index is 12.3. The molecule has 1 aromatic carbocycles. The van der Waals surface area contributed by atoms with Crippen LogP contribution >= 0.6 is 0 Å². The molecule has 0 aliphatic heterocycles. The Morgan fingerprint density at radius 1 is 1.03 bits per heavy atom. The van der Waals surface area contributed by atoms with E-state index < -0.39 is 0 Å². The summed E-state index contributed by atoms with van der Waals surface area (Å²) in [6, 6.07) is 9.46. The van der Waals surface area contributed by atoms with Crippen LogP contribution in [-0.2, 0) is 6.42 Å².